The lowest BCUT2D eigenvalue weighted by Gasteiger charge is -2.33. The van der Waals surface area contributed by atoms with Crippen molar-refractivity contribution in [2.24, 2.45) is 0 Å². The summed E-state index contributed by atoms with van der Waals surface area (Å²) in [6.45, 7) is 1.92. The Morgan fingerprint density at radius 2 is 1.82 bits per heavy atom. The summed E-state index contributed by atoms with van der Waals surface area (Å²) in [5, 5.41) is 19.0. The first-order valence-electron chi connectivity index (χ1n) is 5.56. The number of nitrogens with zero attached hydrogens (tertiary/aromatic N) is 1. The summed E-state index contributed by atoms with van der Waals surface area (Å²) in [5.41, 5.74) is -1.84. The molecule has 98 valence electrons. The van der Waals surface area contributed by atoms with Crippen molar-refractivity contribution < 1.29 is 24.3 Å². The zero-order chi connectivity index (χ0) is 13.7. The average molecular weight is 244 g/mol. The van der Waals surface area contributed by atoms with Crippen LogP contribution in [0.3, 0.4) is 0 Å². The second-order valence-corrected chi connectivity index (χ2v) is 5.23. The number of allylic oxidation sites excluding steroid dienone is 1. The van der Waals surface area contributed by atoms with Crippen LogP contribution in [0.25, 0.3) is 0 Å². The van der Waals surface area contributed by atoms with Crippen molar-refractivity contribution in [3.63, 3.8) is 0 Å². The highest BCUT2D eigenvalue weighted by Crippen LogP contribution is 2.17. The maximum absolute atomic E-state index is 11.8. The smallest absolute Gasteiger partial charge is 0.307 e. The summed E-state index contributed by atoms with van der Waals surface area (Å²) < 4.78 is 0.315. The van der Waals surface area contributed by atoms with Crippen LogP contribution >= 0.6 is 0 Å². The van der Waals surface area contributed by atoms with Gasteiger partial charge >= 0.3 is 5.97 Å². The highest BCUT2D eigenvalue weighted by atomic mass is 16.4. The minimum atomic E-state index is -1.84. The van der Waals surface area contributed by atoms with Crippen molar-refractivity contribution >= 4 is 11.8 Å². The molecule has 0 heterocycles. The van der Waals surface area contributed by atoms with Gasteiger partial charge in [-0.3, -0.25) is 9.59 Å². The van der Waals surface area contributed by atoms with Gasteiger partial charge in [0.05, 0.1) is 27.6 Å². The number of rotatable bonds is 7. The van der Waals surface area contributed by atoms with Crippen LogP contribution < -0.4 is 0 Å². The van der Waals surface area contributed by atoms with Gasteiger partial charge in [-0.1, -0.05) is 13.0 Å². The number of hydrogen-bond acceptors (Lipinski definition) is 3. The molecular formula is C12H22NO4+. The number of aliphatic carboxylic acids is 1. The molecule has 0 aliphatic carbocycles. The van der Waals surface area contributed by atoms with Gasteiger partial charge in [0.25, 0.3) is 0 Å². The molecule has 0 aromatic carbocycles. The normalized spacial score (nSPS) is 15.8. The van der Waals surface area contributed by atoms with Crippen molar-refractivity contribution in [1.82, 2.24) is 0 Å². The van der Waals surface area contributed by atoms with E-state index in [9.17, 15) is 14.7 Å². The fraction of sp³-hybridized carbons (Fsp3) is 0.667. The molecule has 0 amide bonds. The minimum Gasteiger partial charge on any atom is -0.481 e. The molecule has 0 saturated heterocycles. The van der Waals surface area contributed by atoms with Gasteiger partial charge in [0.2, 0.25) is 0 Å². The van der Waals surface area contributed by atoms with E-state index in [1.807, 2.05) is 6.92 Å². The average Bonchev–Trinajstić information content (AvgIpc) is 2.09. The Morgan fingerprint density at radius 1 is 1.29 bits per heavy atom. The molecule has 2 N–H and O–H groups in total. The van der Waals surface area contributed by atoms with Crippen LogP contribution in [-0.4, -0.2) is 59.7 Å². The van der Waals surface area contributed by atoms with Crippen LogP contribution in [0.4, 0.5) is 0 Å². The third-order valence-corrected chi connectivity index (χ3v) is 2.14. The quantitative estimate of drug-likeness (QED) is 0.503. The number of carboxylic acids is 1. The second-order valence-electron chi connectivity index (χ2n) is 5.23. The summed E-state index contributed by atoms with van der Waals surface area (Å²) >= 11 is 0. The molecule has 1 atom stereocenters. The Bertz CT molecular complexity index is 317. The Hall–Kier alpha value is -1.20. The number of carbonyl (C=O) groups is 2. The predicted octanol–water partition coefficient (Wildman–Crippen LogP) is 0.434. The fourth-order valence-corrected chi connectivity index (χ4v) is 1.64. The molecule has 0 aromatic heterocycles. The number of aliphatic hydroxyl groups is 1. The lowest BCUT2D eigenvalue weighted by Crippen LogP contribution is -2.54. The van der Waals surface area contributed by atoms with Crippen molar-refractivity contribution in [1.29, 1.82) is 0 Å². The van der Waals surface area contributed by atoms with Crippen molar-refractivity contribution in [2.75, 3.05) is 27.7 Å². The van der Waals surface area contributed by atoms with E-state index in [1.54, 1.807) is 27.2 Å². The Balaban J connectivity index is 5.02. The van der Waals surface area contributed by atoms with Crippen molar-refractivity contribution in [2.45, 2.75) is 25.4 Å². The van der Waals surface area contributed by atoms with Crippen LogP contribution in [0, 0.1) is 0 Å². The van der Waals surface area contributed by atoms with E-state index in [1.165, 1.54) is 6.08 Å². The standard InChI is InChI=1S/C12H21NO4/c1-5-6-7-10(14)12(17,8-11(15)16)9-13(2,3)4/h6-7,17H,5,8-9H2,1-4H3/p+1/b7-6+. The molecule has 0 bridgehead atoms. The largest absolute Gasteiger partial charge is 0.481 e. The molecule has 0 aliphatic heterocycles. The number of hydrogen-bond donors (Lipinski definition) is 2. The van der Waals surface area contributed by atoms with Gasteiger partial charge in [0.15, 0.2) is 11.4 Å². The zero-order valence-electron chi connectivity index (χ0n) is 10.9. The molecule has 17 heavy (non-hydrogen) atoms. The van der Waals surface area contributed by atoms with Crippen LogP contribution in [0.2, 0.25) is 0 Å². The molecule has 1 unspecified atom stereocenters. The van der Waals surface area contributed by atoms with E-state index in [0.717, 1.165) is 0 Å². The van der Waals surface area contributed by atoms with E-state index in [-0.39, 0.29) is 6.54 Å². The second kappa shape index (κ2) is 5.93. The topological polar surface area (TPSA) is 74.6 Å². The molecule has 0 rings (SSSR count). The molecule has 0 aliphatic rings. The zero-order valence-corrected chi connectivity index (χ0v) is 10.9. The van der Waals surface area contributed by atoms with Crippen LogP contribution in [0.1, 0.15) is 19.8 Å². The number of ketones is 1. The van der Waals surface area contributed by atoms with E-state index in [4.69, 9.17) is 5.11 Å². The molecule has 5 nitrogen and oxygen atoms in total. The third-order valence-electron chi connectivity index (χ3n) is 2.14. The van der Waals surface area contributed by atoms with Crippen LogP contribution in [-0.2, 0) is 9.59 Å². The van der Waals surface area contributed by atoms with Crippen LogP contribution in [0.15, 0.2) is 12.2 Å². The van der Waals surface area contributed by atoms with Crippen LogP contribution in [0.5, 0.6) is 0 Å². The third kappa shape index (κ3) is 6.19. The number of likely N-dealkylation sites (N-methyl/N-ethyl adjacent to an activating group) is 1. The lowest BCUT2D eigenvalue weighted by molar-refractivity contribution is -0.875. The monoisotopic (exact) mass is 244 g/mol. The first-order valence-corrected chi connectivity index (χ1v) is 5.56. The molecular weight excluding hydrogens is 222 g/mol. The summed E-state index contributed by atoms with van der Waals surface area (Å²) in [6, 6.07) is 0. The number of carbonyl (C=O) groups excluding carboxylic acids is 1. The lowest BCUT2D eigenvalue weighted by atomic mass is 9.92. The molecule has 5 heteroatoms. The van der Waals surface area contributed by atoms with E-state index in [2.05, 4.69) is 0 Å². The summed E-state index contributed by atoms with van der Waals surface area (Å²) in [7, 11) is 5.39. The Labute approximate surface area is 102 Å². The van der Waals surface area contributed by atoms with E-state index >= 15 is 0 Å². The van der Waals surface area contributed by atoms with E-state index < -0.39 is 23.8 Å². The summed E-state index contributed by atoms with van der Waals surface area (Å²) in [5.74, 6) is -1.73. The van der Waals surface area contributed by atoms with Gasteiger partial charge in [0, 0.05) is 0 Å². The Kier molecular flexibility index (Phi) is 5.51. The van der Waals surface area contributed by atoms with Gasteiger partial charge in [0.1, 0.15) is 6.54 Å². The molecule has 0 radical (unpaired) electrons. The first kappa shape index (κ1) is 15.8. The van der Waals surface area contributed by atoms with Gasteiger partial charge in [-0.15, -0.1) is 0 Å². The van der Waals surface area contributed by atoms with E-state index in [0.29, 0.717) is 10.9 Å². The SMILES string of the molecule is CC/C=C/C(=O)C(O)(CC(=O)O)C[N+](C)(C)C. The van der Waals surface area contributed by atoms with Gasteiger partial charge < -0.3 is 14.7 Å². The fourth-order valence-electron chi connectivity index (χ4n) is 1.64. The van der Waals surface area contributed by atoms with Crippen molar-refractivity contribution in [3.8, 4) is 0 Å². The number of carboxylic acid groups (broad SMARTS) is 1. The predicted molar refractivity (Wildman–Crippen MR) is 64.5 cm³/mol. The highest BCUT2D eigenvalue weighted by Gasteiger charge is 2.41. The highest BCUT2D eigenvalue weighted by molar-refractivity contribution is 5.99. The molecule has 0 fully saturated rings. The molecule has 0 aromatic rings. The van der Waals surface area contributed by atoms with Gasteiger partial charge in [-0.05, 0) is 12.5 Å². The summed E-state index contributed by atoms with van der Waals surface area (Å²) in [4.78, 5) is 22.6. The first-order chi connectivity index (χ1) is 7.60. The Morgan fingerprint density at radius 3 is 2.18 bits per heavy atom. The number of quaternary nitrogens is 1. The minimum absolute atomic E-state index is 0.0617. The summed E-state index contributed by atoms with van der Waals surface area (Å²) in [6.07, 6.45) is 2.97. The van der Waals surface area contributed by atoms with Gasteiger partial charge in [-0.2, -0.15) is 0 Å². The van der Waals surface area contributed by atoms with Crippen molar-refractivity contribution in [3.05, 3.63) is 12.2 Å². The maximum Gasteiger partial charge on any atom is 0.307 e. The maximum atomic E-state index is 11.8. The molecule has 0 spiro atoms. The van der Waals surface area contributed by atoms with Gasteiger partial charge in [-0.25, -0.2) is 0 Å². The molecule has 0 saturated carbocycles.